The SMILES string of the molecule is CC(C)=CCCC(C)CCOC(=O)/C=C/C(=O)OCCC(C)CCC=C(C)C. The van der Waals surface area contributed by atoms with Gasteiger partial charge in [-0.25, -0.2) is 9.59 Å². The molecule has 0 amide bonds. The third-order valence-corrected chi connectivity index (χ3v) is 4.49. The van der Waals surface area contributed by atoms with Gasteiger partial charge in [0.15, 0.2) is 0 Å². The Morgan fingerprint density at radius 3 is 1.36 bits per heavy atom. The number of ether oxygens (including phenoxy) is 2. The smallest absolute Gasteiger partial charge is 0.331 e. The van der Waals surface area contributed by atoms with Crippen molar-refractivity contribution >= 4 is 11.9 Å². The lowest BCUT2D eigenvalue weighted by molar-refractivity contribution is -0.140. The molecule has 0 N–H and O–H groups in total. The Balaban J connectivity index is 3.85. The van der Waals surface area contributed by atoms with Gasteiger partial charge in [-0.1, -0.05) is 37.1 Å². The summed E-state index contributed by atoms with van der Waals surface area (Å²) in [5, 5.41) is 0. The zero-order valence-corrected chi connectivity index (χ0v) is 18.8. The Bertz CT molecular complexity index is 487. The number of hydrogen-bond acceptors (Lipinski definition) is 4. The molecule has 0 aromatic carbocycles. The van der Waals surface area contributed by atoms with Crippen molar-refractivity contribution in [3.05, 3.63) is 35.5 Å². The first-order valence-corrected chi connectivity index (χ1v) is 10.5. The number of carbonyl (C=O) groups is 2. The van der Waals surface area contributed by atoms with E-state index in [4.69, 9.17) is 9.47 Å². The predicted molar refractivity (Wildman–Crippen MR) is 116 cm³/mol. The maximum atomic E-state index is 11.7. The van der Waals surface area contributed by atoms with Gasteiger partial charge in [-0.3, -0.25) is 0 Å². The van der Waals surface area contributed by atoms with E-state index in [9.17, 15) is 9.59 Å². The number of esters is 2. The average molecular weight is 393 g/mol. The van der Waals surface area contributed by atoms with E-state index in [1.54, 1.807) is 0 Å². The van der Waals surface area contributed by atoms with Crippen LogP contribution in [0.3, 0.4) is 0 Å². The van der Waals surface area contributed by atoms with Crippen LogP contribution in [0.25, 0.3) is 0 Å². The number of rotatable bonds is 14. The van der Waals surface area contributed by atoms with Crippen LogP contribution in [0.2, 0.25) is 0 Å². The molecule has 0 aromatic heterocycles. The van der Waals surface area contributed by atoms with Crippen LogP contribution in [-0.4, -0.2) is 25.2 Å². The van der Waals surface area contributed by atoms with E-state index in [0.717, 1.165) is 50.7 Å². The van der Waals surface area contributed by atoms with Gasteiger partial charge in [-0.05, 0) is 78.1 Å². The second-order valence-electron chi connectivity index (χ2n) is 8.17. The fraction of sp³-hybridized carbons (Fsp3) is 0.667. The molecule has 0 aliphatic heterocycles. The van der Waals surface area contributed by atoms with Crippen molar-refractivity contribution in [3.63, 3.8) is 0 Å². The summed E-state index contributed by atoms with van der Waals surface area (Å²) >= 11 is 0. The monoisotopic (exact) mass is 392 g/mol. The molecular formula is C24H40O4. The van der Waals surface area contributed by atoms with Gasteiger partial charge in [0, 0.05) is 12.2 Å². The van der Waals surface area contributed by atoms with Gasteiger partial charge < -0.3 is 9.47 Å². The summed E-state index contributed by atoms with van der Waals surface area (Å²) in [6, 6.07) is 0. The van der Waals surface area contributed by atoms with Crippen molar-refractivity contribution in [2.24, 2.45) is 11.8 Å². The summed E-state index contributed by atoms with van der Waals surface area (Å²) < 4.78 is 10.3. The molecule has 0 bridgehead atoms. The zero-order valence-electron chi connectivity index (χ0n) is 18.8. The summed E-state index contributed by atoms with van der Waals surface area (Å²) in [6.45, 7) is 13.4. The molecule has 0 radical (unpaired) electrons. The van der Waals surface area contributed by atoms with Gasteiger partial charge in [-0.15, -0.1) is 0 Å². The van der Waals surface area contributed by atoms with E-state index in [1.165, 1.54) is 11.1 Å². The standard InChI is InChI=1S/C24H40O4/c1-19(2)9-7-11-21(5)15-17-27-23(25)13-14-24(26)28-18-16-22(6)12-8-10-20(3)4/h9-10,13-14,21-22H,7-8,11-12,15-18H2,1-6H3/b14-13+. The van der Waals surface area contributed by atoms with Crippen LogP contribution in [-0.2, 0) is 19.1 Å². The molecule has 0 fully saturated rings. The highest BCUT2D eigenvalue weighted by molar-refractivity contribution is 5.91. The van der Waals surface area contributed by atoms with Gasteiger partial charge in [0.1, 0.15) is 0 Å². The zero-order chi connectivity index (χ0) is 21.4. The minimum atomic E-state index is -0.497. The van der Waals surface area contributed by atoms with E-state index < -0.39 is 11.9 Å². The minimum Gasteiger partial charge on any atom is -0.463 e. The number of allylic oxidation sites excluding steroid dienone is 4. The Labute approximate surface area is 172 Å². The summed E-state index contributed by atoms with van der Waals surface area (Å²) in [7, 11) is 0. The Hall–Kier alpha value is -1.84. The average Bonchev–Trinajstić information content (AvgIpc) is 2.59. The van der Waals surface area contributed by atoms with Gasteiger partial charge >= 0.3 is 11.9 Å². The molecule has 28 heavy (non-hydrogen) atoms. The van der Waals surface area contributed by atoms with Crippen LogP contribution in [0.1, 0.15) is 80.1 Å². The van der Waals surface area contributed by atoms with Gasteiger partial charge in [-0.2, -0.15) is 0 Å². The molecule has 4 nitrogen and oxygen atoms in total. The molecule has 0 aliphatic carbocycles. The van der Waals surface area contributed by atoms with Crippen LogP contribution in [0.4, 0.5) is 0 Å². The van der Waals surface area contributed by atoms with Crippen molar-refractivity contribution in [1.82, 2.24) is 0 Å². The Kier molecular flexibility index (Phi) is 15.1. The van der Waals surface area contributed by atoms with Crippen LogP contribution in [0, 0.1) is 11.8 Å². The highest BCUT2D eigenvalue weighted by Gasteiger charge is 2.06. The minimum absolute atomic E-state index is 0.372. The topological polar surface area (TPSA) is 52.6 Å². The molecule has 0 rings (SSSR count). The lowest BCUT2D eigenvalue weighted by Gasteiger charge is -2.10. The molecule has 0 spiro atoms. The highest BCUT2D eigenvalue weighted by Crippen LogP contribution is 2.13. The third-order valence-electron chi connectivity index (χ3n) is 4.49. The summed E-state index contributed by atoms with van der Waals surface area (Å²) in [6.07, 6.45) is 12.7. The molecule has 4 heteroatoms. The molecular weight excluding hydrogens is 352 g/mol. The first kappa shape index (κ1) is 26.2. The van der Waals surface area contributed by atoms with Crippen molar-refractivity contribution in [3.8, 4) is 0 Å². The number of carbonyl (C=O) groups excluding carboxylic acids is 2. The van der Waals surface area contributed by atoms with Crippen LogP contribution in [0.5, 0.6) is 0 Å². The highest BCUT2D eigenvalue weighted by atomic mass is 16.5. The fourth-order valence-electron chi connectivity index (χ4n) is 2.56. The van der Waals surface area contributed by atoms with Crippen LogP contribution < -0.4 is 0 Å². The maximum Gasteiger partial charge on any atom is 0.331 e. The number of hydrogen-bond donors (Lipinski definition) is 0. The first-order valence-electron chi connectivity index (χ1n) is 10.5. The van der Waals surface area contributed by atoms with Crippen molar-refractivity contribution in [2.45, 2.75) is 80.1 Å². The molecule has 0 saturated carbocycles. The van der Waals surface area contributed by atoms with Gasteiger partial charge in [0.25, 0.3) is 0 Å². The van der Waals surface area contributed by atoms with E-state index in [-0.39, 0.29) is 0 Å². The summed E-state index contributed by atoms with van der Waals surface area (Å²) in [5.41, 5.74) is 2.66. The maximum absolute atomic E-state index is 11.7. The molecule has 0 heterocycles. The normalized spacial score (nSPS) is 12.9. The molecule has 160 valence electrons. The van der Waals surface area contributed by atoms with E-state index in [0.29, 0.717) is 25.0 Å². The first-order chi connectivity index (χ1) is 13.2. The van der Waals surface area contributed by atoms with Crippen molar-refractivity contribution in [2.75, 3.05) is 13.2 Å². The van der Waals surface area contributed by atoms with E-state index >= 15 is 0 Å². The van der Waals surface area contributed by atoms with Gasteiger partial charge in [0.2, 0.25) is 0 Å². The lowest BCUT2D eigenvalue weighted by Crippen LogP contribution is -2.09. The van der Waals surface area contributed by atoms with Gasteiger partial charge in [0.05, 0.1) is 13.2 Å². The van der Waals surface area contributed by atoms with E-state index in [1.807, 2.05) is 0 Å². The largest absolute Gasteiger partial charge is 0.463 e. The van der Waals surface area contributed by atoms with E-state index in [2.05, 4.69) is 53.7 Å². The Morgan fingerprint density at radius 1 is 0.679 bits per heavy atom. The van der Waals surface area contributed by atoms with Crippen LogP contribution >= 0.6 is 0 Å². The molecule has 2 unspecified atom stereocenters. The lowest BCUT2D eigenvalue weighted by atomic mass is 10.0. The predicted octanol–water partition coefficient (Wildman–Crippen LogP) is 6.17. The van der Waals surface area contributed by atoms with Crippen molar-refractivity contribution < 1.29 is 19.1 Å². The third kappa shape index (κ3) is 17.6. The molecule has 2 atom stereocenters. The molecule has 0 aliphatic rings. The molecule has 0 aromatic rings. The van der Waals surface area contributed by atoms with Crippen molar-refractivity contribution in [1.29, 1.82) is 0 Å². The summed E-state index contributed by atoms with van der Waals surface area (Å²) in [5.74, 6) is -0.000731. The fourth-order valence-corrected chi connectivity index (χ4v) is 2.56. The Morgan fingerprint density at radius 2 is 1.04 bits per heavy atom. The second kappa shape index (κ2) is 16.1. The van der Waals surface area contributed by atoms with Crippen LogP contribution in [0.15, 0.2) is 35.5 Å². The molecule has 0 saturated heterocycles. The second-order valence-corrected chi connectivity index (χ2v) is 8.17. The quantitative estimate of drug-likeness (QED) is 0.201. The summed E-state index contributed by atoms with van der Waals surface area (Å²) in [4.78, 5) is 23.3.